The summed E-state index contributed by atoms with van der Waals surface area (Å²) in [6.45, 7) is 3.86. The lowest BCUT2D eigenvalue weighted by Crippen LogP contribution is -2.52. The second-order valence-electron chi connectivity index (χ2n) is 9.51. The molecule has 0 saturated carbocycles. The smallest absolute Gasteiger partial charge is 0.261 e. The molecule has 1 atom stereocenters. The van der Waals surface area contributed by atoms with Crippen LogP contribution in [0.2, 0.25) is 0 Å². The maximum Gasteiger partial charge on any atom is 0.261 e. The van der Waals surface area contributed by atoms with Crippen LogP contribution in [-0.2, 0) is 22.6 Å². The lowest BCUT2D eigenvalue weighted by atomic mass is 10.0. The number of carbonyl (C=O) groups excluding carboxylic acids is 2. The van der Waals surface area contributed by atoms with Gasteiger partial charge in [-0.3, -0.25) is 9.59 Å². The second kappa shape index (κ2) is 12.8. The third-order valence-corrected chi connectivity index (χ3v) is 6.29. The fourth-order valence-electron chi connectivity index (χ4n) is 4.45. The van der Waals surface area contributed by atoms with Gasteiger partial charge in [-0.1, -0.05) is 78.9 Å². The number of hydrogen-bond acceptors (Lipinski definition) is 4. The standard InChI is InChI=1S/C32H34N2O4/c1-23(2)33-32(36)29(20-24-11-5-4-6-12-24)34(21-25-13-9-16-27(19-25)37-3)31(35)22-38-30-18-10-15-26-14-7-8-17-28(26)30/h4-19,23,29H,20-22H2,1-3H3,(H,33,36)/t29-/m1/s1. The van der Waals surface area contributed by atoms with Gasteiger partial charge in [0.25, 0.3) is 5.91 Å². The van der Waals surface area contributed by atoms with Crippen molar-refractivity contribution in [1.82, 2.24) is 10.2 Å². The van der Waals surface area contributed by atoms with Gasteiger partial charge in [0.05, 0.1) is 7.11 Å². The van der Waals surface area contributed by atoms with Crippen LogP contribution in [0.25, 0.3) is 10.8 Å². The Morgan fingerprint density at radius 2 is 1.53 bits per heavy atom. The van der Waals surface area contributed by atoms with Crippen molar-refractivity contribution < 1.29 is 19.1 Å². The van der Waals surface area contributed by atoms with E-state index in [0.29, 0.717) is 17.9 Å². The predicted octanol–water partition coefficient (Wildman–Crippen LogP) is 5.39. The molecule has 0 aliphatic rings. The first-order valence-corrected chi connectivity index (χ1v) is 12.8. The summed E-state index contributed by atoms with van der Waals surface area (Å²) in [5.74, 6) is 0.836. The third-order valence-electron chi connectivity index (χ3n) is 6.29. The number of methoxy groups -OCH3 is 1. The van der Waals surface area contributed by atoms with Crippen LogP contribution in [0, 0.1) is 0 Å². The van der Waals surface area contributed by atoms with Gasteiger partial charge in [-0.15, -0.1) is 0 Å². The molecule has 0 aliphatic heterocycles. The summed E-state index contributed by atoms with van der Waals surface area (Å²) in [5, 5.41) is 4.97. The number of benzene rings is 4. The van der Waals surface area contributed by atoms with Gasteiger partial charge in [0.2, 0.25) is 5.91 Å². The van der Waals surface area contributed by atoms with Crippen LogP contribution in [0.4, 0.5) is 0 Å². The molecule has 0 bridgehead atoms. The van der Waals surface area contributed by atoms with E-state index >= 15 is 0 Å². The maximum atomic E-state index is 13.8. The molecule has 4 rings (SSSR count). The van der Waals surface area contributed by atoms with Crippen LogP contribution < -0.4 is 14.8 Å². The first-order valence-electron chi connectivity index (χ1n) is 12.8. The topological polar surface area (TPSA) is 67.9 Å². The van der Waals surface area contributed by atoms with E-state index in [9.17, 15) is 9.59 Å². The number of hydrogen-bond donors (Lipinski definition) is 1. The molecule has 0 spiro atoms. The summed E-state index contributed by atoms with van der Waals surface area (Å²) in [5.41, 5.74) is 1.83. The summed E-state index contributed by atoms with van der Waals surface area (Å²) < 4.78 is 11.5. The number of amides is 2. The molecule has 4 aromatic rings. The molecule has 0 radical (unpaired) electrons. The minimum absolute atomic E-state index is 0.0681. The number of carbonyl (C=O) groups is 2. The van der Waals surface area contributed by atoms with Gasteiger partial charge in [0, 0.05) is 24.4 Å². The van der Waals surface area contributed by atoms with Crippen molar-refractivity contribution in [1.29, 1.82) is 0 Å². The van der Waals surface area contributed by atoms with E-state index < -0.39 is 6.04 Å². The molecule has 0 heterocycles. The zero-order valence-corrected chi connectivity index (χ0v) is 22.1. The normalized spacial score (nSPS) is 11.7. The monoisotopic (exact) mass is 510 g/mol. The van der Waals surface area contributed by atoms with Gasteiger partial charge in [-0.25, -0.2) is 0 Å². The van der Waals surface area contributed by atoms with Crippen LogP contribution in [-0.4, -0.2) is 42.5 Å². The van der Waals surface area contributed by atoms with Crippen molar-refractivity contribution >= 4 is 22.6 Å². The van der Waals surface area contributed by atoms with Crippen molar-refractivity contribution in [2.24, 2.45) is 0 Å². The van der Waals surface area contributed by atoms with Crippen molar-refractivity contribution in [3.05, 3.63) is 108 Å². The van der Waals surface area contributed by atoms with Gasteiger partial charge in [-0.05, 0) is 48.6 Å². The molecule has 0 saturated heterocycles. The van der Waals surface area contributed by atoms with E-state index in [1.807, 2.05) is 111 Å². The summed E-state index contributed by atoms with van der Waals surface area (Å²) >= 11 is 0. The van der Waals surface area contributed by atoms with Gasteiger partial charge in [-0.2, -0.15) is 0 Å². The van der Waals surface area contributed by atoms with Gasteiger partial charge in [0.15, 0.2) is 6.61 Å². The molecule has 4 aromatic carbocycles. The fourth-order valence-corrected chi connectivity index (χ4v) is 4.45. The summed E-state index contributed by atoms with van der Waals surface area (Å²) in [4.78, 5) is 28.9. The summed E-state index contributed by atoms with van der Waals surface area (Å²) in [6.07, 6.45) is 0.378. The second-order valence-corrected chi connectivity index (χ2v) is 9.51. The van der Waals surface area contributed by atoms with E-state index in [1.165, 1.54) is 0 Å². The van der Waals surface area contributed by atoms with Crippen LogP contribution >= 0.6 is 0 Å². The zero-order valence-electron chi connectivity index (χ0n) is 22.1. The fraction of sp³-hybridized carbons (Fsp3) is 0.250. The van der Waals surface area contributed by atoms with Crippen molar-refractivity contribution in [3.63, 3.8) is 0 Å². The number of fused-ring (bicyclic) bond motifs is 1. The Balaban J connectivity index is 1.65. The van der Waals surface area contributed by atoms with Crippen molar-refractivity contribution in [2.45, 2.75) is 38.9 Å². The molecule has 38 heavy (non-hydrogen) atoms. The Hall–Kier alpha value is -4.32. The minimum Gasteiger partial charge on any atom is -0.497 e. The molecular weight excluding hydrogens is 476 g/mol. The third kappa shape index (κ3) is 6.91. The highest BCUT2D eigenvalue weighted by Gasteiger charge is 2.31. The lowest BCUT2D eigenvalue weighted by Gasteiger charge is -2.32. The maximum absolute atomic E-state index is 13.8. The van der Waals surface area contributed by atoms with Crippen LogP contribution in [0.15, 0.2) is 97.1 Å². The molecule has 0 aromatic heterocycles. The molecule has 0 aliphatic carbocycles. The highest BCUT2D eigenvalue weighted by molar-refractivity contribution is 5.90. The molecule has 0 fully saturated rings. The molecule has 0 unspecified atom stereocenters. The average molecular weight is 511 g/mol. The molecular formula is C32H34N2O4. The van der Waals surface area contributed by atoms with E-state index in [0.717, 1.165) is 21.9 Å². The Labute approximate surface area is 224 Å². The van der Waals surface area contributed by atoms with Gasteiger partial charge >= 0.3 is 0 Å². The predicted molar refractivity (Wildman–Crippen MR) is 150 cm³/mol. The SMILES string of the molecule is COc1cccc(CN(C(=O)COc2cccc3ccccc23)[C@H](Cc2ccccc2)C(=O)NC(C)C)c1. The van der Waals surface area contributed by atoms with E-state index in [-0.39, 0.29) is 31.0 Å². The average Bonchev–Trinajstić information content (AvgIpc) is 2.93. The first-order chi connectivity index (χ1) is 18.4. The Morgan fingerprint density at radius 3 is 2.29 bits per heavy atom. The van der Waals surface area contributed by atoms with Crippen LogP contribution in [0.3, 0.4) is 0 Å². The highest BCUT2D eigenvalue weighted by Crippen LogP contribution is 2.25. The number of ether oxygens (including phenoxy) is 2. The summed E-state index contributed by atoms with van der Waals surface area (Å²) in [7, 11) is 1.61. The Morgan fingerprint density at radius 1 is 0.842 bits per heavy atom. The quantitative estimate of drug-likeness (QED) is 0.294. The van der Waals surface area contributed by atoms with Crippen LogP contribution in [0.1, 0.15) is 25.0 Å². The van der Waals surface area contributed by atoms with E-state index in [1.54, 1.807) is 12.0 Å². The highest BCUT2D eigenvalue weighted by atomic mass is 16.5. The Bertz CT molecular complexity index is 1370. The largest absolute Gasteiger partial charge is 0.497 e. The number of rotatable bonds is 11. The Kier molecular flexibility index (Phi) is 8.98. The van der Waals surface area contributed by atoms with Crippen LogP contribution in [0.5, 0.6) is 11.5 Å². The first kappa shape index (κ1) is 26.7. The van der Waals surface area contributed by atoms with Crippen molar-refractivity contribution in [3.8, 4) is 11.5 Å². The van der Waals surface area contributed by atoms with Gasteiger partial charge in [0.1, 0.15) is 17.5 Å². The summed E-state index contributed by atoms with van der Waals surface area (Å²) in [6, 6.07) is 30.1. The molecule has 6 heteroatoms. The lowest BCUT2D eigenvalue weighted by molar-refractivity contribution is -0.143. The number of nitrogens with zero attached hydrogens (tertiary/aromatic N) is 1. The number of nitrogens with one attached hydrogen (secondary N) is 1. The van der Waals surface area contributed by atoms with E-state index in [2.05, 4.69) is 5.32 Å². The molecule has 2 amide bonds. The zero-order chi connectivity index (χ0) is 26.9. The molecule has 1 N–H and O–H groups in total. The minimum atomic E-state index is -0.727. The van der Waals surface area contributed by atoms with Gasteiger partial charge < -0.3 is 19.7 Å². The van der Waals surface area contributed by atoms with Crippen molar-refractivity contribution in [2.75, 3.05) is 13.7 Å². The molecule has 196 valence electrons. The van der Waals surface area contributed by atoms with E-state index in [4.69, 9.17) is 9.47 Å². The molecule has 6 nitrogen and oxygen atoms in total.